The Bertz CT molecular complexity index is 1160. The first-order valence-corrected chi connectivity index (χ1v) is 9.64. The molecule has 3 aromatic rings. The summed E-state index contributed by atoms with van der Waals surface area (Å²) in [5.41, 5.74) is 2.77. The quantitative estimate of drug-likeness (QED) is 0.556. The molecule has 0 radical (unpaired) electrons. The van der Waals surface area contributed by atoms with Crippen LogP contribution in [0.4, 0.5) is 0 Å². The van der Waals surface area contributed by atoms with E-state index in [9.17, 15) is 10.1 Å². The molecule has 0 atom stereocenters. The average Bonchev–Trinajstić information content (AvgIpc) is 2.74. The molecule has 0 N–H and O–H groups in total. The Balaban J connectivity index is 1.86. The minimum Gasteiger partial charge on any atom is -0.490 e. The van der Waals surface area contributed by atoms with Gasteiger partial charge in [-0.25, -0.2) is 4.68 Å². The molecule has 30 heavy (non-hydrogen) atoms. The van der Waals surface area contributed by atoms with Gasteiger partial charge in [-0.1, -0.05) is 30.3 Å². The van der Waals surface area contributed by atoms with Crippen molar-refractivity contribution in [3.63, 3.8) is 0 Å². The highest BCUT2D eigenvalue weighted by Gasteiger charge is 2.10. The van der Waals surface area contributed by atoms with E-state index in [1.807, 2.05) is 61.5 Å². The topological polar surface area (TPSA) is 76.6 Å². The predicted molar refractivity (Wildman–Crippen MR) is 116 cm³/mol. The van der Waals surface area contributed by atoms with Crippen molar-refractivity contribution in [3.8, 4) is 17.6 Å². The van der Waals surface area contributed by atoms with Gasteiger partial charge >= 0.3 is 0 Å². The maximum Gasteiger partial charge on any atom is 0.289 e. The van der Waals surface area contributed by atoms with E-state index in [1.165, 1.54) is 4.68 Å². The molecule has 0 saturated carbocycles. The lowest BCUT2D eigenvalue weighted by Gasteiger charge is -2.13. The van der Waals surface area contributed by atoms with Gasteiger partial charge in [0.15, 0.2) is 11.5 Å². The van der Waals surface area contributed by atoms with E-state index < -0.39 is 5.56 Å². The van der Waals surface area contributed by atoms with Crippen LogP contribution in [0.15, 0.2) is 64.5 Å². The van der Waals surface area contributed by atoms with Crippen LogP contribution in [0.1, 0.15) is 34.9 Å². The SMILES string of the molecule is CCOc1cc(C=Nn2c(C)cc(C)c(C#N)c2=O)ccc1OCc1ccccc1. The van der Waals surface area contributed by atoms with Crippen molar-refractivity contribution < 1.29 is 9.47 Å². The van der Waals surface area contributed by atoms with Crippen molar-refractivity contribution in [2.45, 2.75) is 27.4 Å². The van der Waals surface area contributed by atoms with Crippen LogP contribution in [0.3, 0.4) is 0 Å². The standard InChI is InChI=1S/C24H23N3O3/c1-4-29-23-13-20(10-11-22(23)30-16-19-8-6-5-7-9-19)15-26-27-18(3)12-17(2)21(14-25)24(27)28/h5-13,15H,4,16H2,1-3H3. The Morgan fingerprint density at radius 2 is 1.83 bits per heavy atom. The summed E-state index contributed by atoms with van der Waals surface area (Å²) >= 11 is 0. The lowest BCUT2D eigenvalue weighted by Crippen LogP contribution is -2.22. The van der Waals surface area contributed by atoms with E-state index in [0.717, 1.165) is 11.1 Å². The number of nitrogens with zero attached hydrogens (tertiary/aromatic N) is 3. The van der Waals surface area contributed by atoms with Crippen LogP contribution in [-0.2, 0) is 6.61 Å². The number of aryl methyl sites for hydroxylation is 2. The fraction of sp³-hybridized carbons (Fsp3) is 0.208. The molecule has 3 rings (SSSR count). The molecule has 0 saturated heterocycles. The molecule has 0 bridgehead atoms. The van der Waals surface area contributed by atoms with Crippen molar-refractivity contribution in [2.24, 2.45) is 5.10 Å². The molecule has 0 amide bonds. The summed E-state index contributed by atoms with van der Waals surface area (Å²) in [5, 5.41) is 13.5. The lowest BCUT2D eigenvalue weighted by atomic mass is 10.1. The number of benzene rings is 2. The molecule has 1 heterocycles. The zero-order chi connectivity index (χ0) is 21.5. The van der Waals surface area contributed by atoms with Gasteiger partial charge in [-0.05, 0) is 61.7 Å². The highest BCUT2D eigenvalue weighted by atomic mass is 16.5. The van der Waals surface area contributed by atoms with Crippen LogP contribution in [0.5, 0.6) is 11.5 Å². The van der Waals surface area contributed by atoms with Gasteiger partial charge in [0, 0.05) is 5.69 Å². The van der Waals surface area contributed by atoms with Gasteiger partial charge in [-0.15, -0.1) is 0 Å². The molecule has 2 aromatic carbocycles. The van der Waals surface area contributed by atoms with Crippen LogP contribution >= 0.6 is 0 Å². The number of hydrogen-bond acceptors (Lipinski definition) is 5. The van der Waals surface area contributed by atoms with E-state index in [2.05, 4.69) is 5.10 Å². The normalized spacial score (nSPS) is 10.7. The van der Waals surface area contributed by atoms with Gasteiger partial charge < -0.3 is 9.47 Å². The fourth-order valence-electron chi connectivity index (χ4n) is 3.01. The molecule has 0 unspecified atom stereocenters. The third-order valence-corrected chi connectivity index (χ3v) is 4.50. The highest BCUT2D eigenvalue weighted by Crippen LogP contribution is 2.29. The maximum atomic E-state index is 12.5. The number of hydrogen-bond donors (Lipinski definition) is 0. The van der Waals surface area contributed by atoms with Crippen LogP contribution < -0.4 is 15.0 Å². The van der Waals surface area contributed by atoms with Gasteiger partial charge in [0.1, 0.15) is 18.2 Å². The number of aromatic nitrogens is 1. The summed E-state index contributed by atoms with van der Waals surface area (Å²) in [6.07, 6.45) is 1.56. The third kappa shape index (κ3) is 4.76. The van der Waals surface area contributed by atoms with Gasteiger partial charge in [0.05, 0.1) is 12.8 Å². The summed E-state index contributed by atoms with van der Waals surface area (Å²) in [7, 11) is 0. The number of ether oxygens (including phenoxy) is 2. The van der Waals surface area contributed by atoms with E-state index in [0.29, 0.717) is 36.0 Å². The molecule has 0 aliphatic heterocycles. The lowest BCUT2D eigenvalue weighted by molar-refractivity contribution is 0.269. The first-order valence-electron chi connectivity index (χ1n) is 9.64. The van der Waals surface area contributed by atoms with Crippen LogP contribution in [-0.4, -0.2) is 17.5 Å². The van der Waals surface area contributed by atoms with Crippen molar-refractivity contribution >= 4 is 6.21 Å². The summed E-state index contributed by atoms with van der Waals surface area (Å²) in [5.74, 6) is 1.23. The number of nitriles is 1. The van der Waals surface area contributed by atoms with Crippen molar-refractivity contribution in [1.82, 2.24) is 4.68 Å². The second kappa shape index (κ2) is 9.57. The van der Waals surface area contributed by atoms with Gasteiger partial charge in [0.25, 0.3) is 5.56 Å². The molecule has 1 aromatic heterocycles. The molecular formula is C24H23N3O3. The number of rotatable bonds is 7. The van der Waals surface area contributed by atoms with Crippen LogP contribution in [0, 0.1) is 25.2 Å². The van der Waals surface area contributed by atoms with E-state index in [-0.39, 0.29) is 5.56 Å². The van der Waals surface area contributed by atoms with Crippen molar-refractivity contribution in [3.05, 3.63) is 92.9 Å². The Kier molecular flexibility index (Phi) is 6.66. The summed E-state index contributed by atoms with van der Waals surface area (Å²) in [6, 6.07) is 19.1. The van der Waals surface area contributed by atoms with Gasteiger partial charge in [0.2, 0.25) is 0 Å². The van der Waals surface area contributed by atoms with E-state index in [4.69, 9.17) is 9.47 Å². The zero-order valence-electron chi connectivity index (χ0n) is 17.3. The highest BCUT2D eigenvalue weighted by molar-refractivity contribution is 5.80. The molecule has 6 nitrogen and oxygen atoms in total. The molecule has 0 fully saturated rings. The van der Waals surface area contributed by atoms with Crippen LogP contribution in [0.25, 0.3) is 0 Å². The first kappa shape index (κ1) is 20.9. The smallest absolute Gasteiger partial charge is 0.289 e. The Labute approximate surface area is 175 Å². The van der Waals surface area contributed by atoms with Crippen molar-refractivity contribution in [2.75, 3.05) is 6.61 Å². The second-order valence-corrected chi connectivity index (χ2v) is 6.73. The molecule has 6 heteroatoms. The van der Waals surface area contributed by atoms with Crippen LogP contribution in [0.2, 0.25) is 0 Å². The summed E-state index contributed by atoms with van der Waals surface area (Å²) in [4.78, 5) is 12.5. The molecule has 0 spiro atoms. The Morgan fingerprint density at radius 3 is 2.53 bits per heavy atom. The molecule has 0 aliphatic rings. The molecule has 152 valence electrons. The monoisotopic (exact) mass is 401 g/mol. The minimum atomic E-state index is -0.431. The van der Waals surface area contributed by atoms with Gasteiger partial charge in [-0.3, -0.25) is 4.79 Å². The Hall–Kier alpha value is -3.85. The second-order valence-electron chi connectivity index (χ2n) is 6.73. The zero-order valence-corrected chi connectivity index (χ0v) is 17.3. The Morgan fingerprint density at radius 1 is 1.07 bits per heavy atom. The number of pyridine rings is 1. The maximum absolute atomic E-state index is 12.5. The summed E-state index contributed by atoms with van der Waals surface area (Å²) < 4.78 is 12.9. The van der Waals surface area contributed by atoms with E-state index in [1.54, 1.807) is 26.1 Å². The van der Waals surface area contributed by atoms with Crippen molar-refractivity contribution in [1.29, 1.82) is 5.26 Å². The average molecular weight is 401 g/mol. The van der Waals surface area contributed by atoms with Gasteiger partial charge in [-0.2, -0.15) is 10.4 Å². The predicted octanol–water partition coefficient (Wildman–Crippen LogP) is 4.20. The largest absolute Gasteiger partial charge is 0.490 e. The first-order chi connectivity index (χ1) is 14.5. The van der Waals surface area contributed by atoms with E-state index >= 15 is 0 Å². The third-order valence-electron chi connectivity index (χ3n) is 4.50. The molecule has 0 aliphatic carbocycles. The summed E-state index contributed by atoms with van der Waals surface area (Å²) in [6.45, 7) is 6.34. The fourth-order valence-corrected chi connectivity index (χ4v) is 3.01. The minimum absolute atomic E-state index is 0.0948. The molecular weight excluding hydrogens is 378 g/mol.